The van der Waals surface area contributed by atoms with E-state index in [1.54, 1.807) is 11.3 Å². The standard InChI is InChI=1S/C15H26N2O2S2/c1-7-11(9-20-6)17(5)14-16-12(10-21-14)15(3,4)13(18)19-8-2/h10-11H,7-9H2,1-6H3. The van der Waals surface area contributed by atoms with E-state index in [0.29, 0.717) is 12.6 Å². The van der Waals surface area contributed by atoms with Gasteiger partial charge in [0.15, 0.2) is 5.13 Å². The fourth-order valence-electron chi connectivity index (χ4n) is 1.98. The van der Waals surface area contributed by atoms with Crippen molar-refractivity contribution in [2.24, 2.45) is 0 Å². The Balaban J connectivity index is 2.92. The lowest BCUT2D eigenvalue weighted by molar-refractivity contribution is -0.148. The van der Waals surface area contributed by atoms with Crippen molar-refractivity contribution in [2.75, 3.05) is 30.6 Å². The number of carbonyl (C=O) groups excluding carboxylic acids is 1. The molecule has 1 heterocycles. The van der Waals surface area contributed by atoms with Gasteiger partial charge in [0.05, 0.1) is 12.3 Å². The van der Waals surface area contributed by atoms with Crippen LogP contribution in [-0.4, -0.2) is 42.7 Å². The topological polar surface area (TPSA) is 42.4 Å². The van der Waals surface area contributed by atoms with Gasteiger partial charge in [-0.25, -0.2) is 4.98 Å². The Morgan fingerprint density at radius 1 is 1.52 bits per heavy atom. The van der Waals surface area contributed by atoms with Crippen LogP contribution in [-0.2, 0) is 14.9 Å². The Bertz CT molecular complexity index is 460. The Morgan fingerprint density at radius 3 is 2.71 bits per heavy atom. The lowest BCUT2D eigenvalue weighted by atomic mass is 9.90. The van der Waals surface area contributed by atoms with Gasteiger partial charge in [0.1, 0.15) is 5.41 Å². The molecule has 1 rings (SSSR count). The predicted molar refractivity (Wildman–Crippen MR) is 92.6 cm³/mol. The minimum Gasteiger partial charge on any atom is -0.465 e. The van der Waals surface area contributed by atoms with Crippen molar-refractivity contribution in [3.05, 3.63) is 11.1 Å². The third-order valence-electron chi connectivity index (χ3n) is 3.60. The van der Waals surface area contributed by atoms with Crippen molar-refractivity contribution >= 4 is 34.2 Å². The van der Waals surface area contributed by atoms with Crippen LogP contribution >= 0.6 is 23.1 Å². The number of esters is 1. The van der Waals surface area contributed by atoms with Gasteiger partial charge in [-0.15, -0.1) is 11.3 Å². The van der Waals surface area contributed by atoms with E-state index >= 15 is 0 Å². The first kappa shape index (κ1) is 18.3. The molecule has 0 saturated carbocycles. The van der Waals surface area contributed by atoms with Crippen LogP contribution in [0.25, 0.3) is 0 Å². The van der Waals surface area contributed by atoms with E-state index < -0.39 is 5.41 Å². The zero-order chi connectivity index (χ0) is 16.0. The number of thioether (sulfide) groups is 1. The smallest absolute Gasteiger partial charge is 0.317 e. The Labute approximate surface area is 136 Å². The quantitative estimate of drug-likeness (QED) is 0.682. The lowest BCUT2D eigenvalue weighted by Gasteiger charge is -2.26. The average molecular weight is 331 g/mol. The number of anilines is 1. The van der Waals surface area contributed by atoms with E-state index in [4.69, 9.17) is 4.74 Å². The van der Waals surface area contributed by atoms with Gasteiger partial charge in [-0.1, -0.05) is 6.92 Å². The summed E-state index contributed by atoms with van der Waals surface area (Å²) in [4.78, 5) is 18.9. The van der Waals surface area contributed by atoms with E-state index in [-0.39, 0.29) is 5.97 Å². The van der Waals surface area contributed by atoms with Crippen LogP contribution in [0.3, 0.4) is 0 Å². The highest BCUT2D eigenvalue weighted by Gasteiger charge is 2.34. The molecule has 0 radical (unpaired) electrons. The Kier molecular flexibility index (Phi) is 7.00. The molecule has 0 saturated heterocycles. The maximum atomic E-state index is 12.1. The van der Waals surface area contributed by atoms with Crippen molar-refractivity contribution in [3.8, 4) is 0 Å². The van der Waals surface area contributed by atoms with Crippen LogP contribution < -0.4 is 4.90 Å². The highest BCUT2D eigenvalue weighted by Crippen LogP contribution is 2.31. The fraction of sp³-hybridized carbons (Fsp3) is 0.733. The monoisotopic (exact) mass is 330 g/mol. The summed E-state index contributed by atoms with van der Waals surface area (Å²) in [6.07, 6.45) is 3.20. The second-order valence-corrected chi connectivity index (χ2v) is 7.24. The molecule has 1 atom stereocenters. The zero-order valence-electron chi connectivity index (χ0n) is 13.8. The van der Waals surface area contributed by atoms with Crippen LogP contribution in [0.1, 0.15) is 39.8 Å². The molecule has 0 aromatic carbocycles. The van der Waals surface area contributed by atoms with Crippen LogP contribution in [0.5, 0.6) is 0 Å². The van der Waals surface area contributed by atoms with Gasteiger partial charge >= 0.3 is 5.97 Å². The van der Waals surface area contributed by atoms with Crippen molar-refractivity contribution in [1.29, 1.82) is 0 Å². The van der Waals surface area contributed by atoms with E-state index in [1.165, 1.54) is 0 Å². The number of carbonyl (C=O) groups is 1. The summed E-state index contributed by atoms with van der Waals surface area (Å²) in [7, 11) is 2.07. The number of hydrogen-bond acceptors (Lipinski definition) is 6. The van der Waals surface area contributed by atoms with Gasteiger partial charge in [-0.3, -0.25) is 4.79 Å². The molecule has 4 nitrogen and oxygen atoms in total. The van der Waals surface area contributed by atoms with Gasteiger partial charge in [-0.2, -0.15) is 11.8 Å². The van der Waals surface area contributed by atoms with Gasteiger partial charge in [-0.05, 0) is 33.4 Å². The number of ether oxygens (including phenoxy) is 1. The van der Waals surface area contributed by atoms with E-state index in [2.05, 4.69) is 30.1 Å². The fourth-order valence-corrected chi connectivity index (χ4v) is 3.86. The number of rotatable bonds is 8. The molecule has 21 heavy (non-hydrogen) atoms. The summed E-state index contributed by atoms with van der Waals surface area (Å²) in [5.74, 6) is 0.851. The first-order chi connectivity index (χ1) is 9.88. The summed E-state index contributed by atoms with van der Waals surface area (Å²) < 4.78 is 5.15. The summed E-state index contributed by atoms with van der Waals surface area (Å²) in [5, 5.41) is 2.93. The molecular weight excluding hydrogens is 304 g/mol. The third kappa shape index (κ3) is 4.36. The van der Waals surface area contributed by atoms with Gasteiger partial charge in [0, 0.05) is 24.2 Å². The second-order valence-electron chi connectivity index (χ2n) is 5.49. The molecule has 0 amide bonds. The Hall–Kier alpha value is -0.750. The summed E-state index contributed by atoms with van der Waals surface area (Å²) in [6, 6.07) is 0.463. The molecular formula is C15H26N2O2S2. The maximum Gasteiger partial charge on any atom is 0.317 e. The average Bonchev–Trinajstić information content (AvgIpc) is 2.94. The summed E-state index contributed by atoms with van der Waals surface area (Å²) >= 11 is 3.43. The van der Waals surface area contributed by atoms with Crippen molar-refractivity contribution in [3.63, 3.8) is 0 Å². The molecule has 0 aliphatic carbocycles. The third-order valence-corrected chi connectivity index (χ3v) is 5.25. The minimum atomic E-state index is -0.702. The number of thiazole rings is 1. The molecule has 1 aromatic heterocycles. The van der Waals surface area contributed by atoms with Crippen molar-refractivity contribution in [1.82, 2.24) is 4.98 Å². The predicted octanol–water partition coefficient (Wildman–Crippen LogP) is 3.56. The summed E-state index contributed by atoms with van der Waals surface area (Å²) in [5.41, 5.74) is 0.0825. The van der Waals surface area contributed by atoms with Crippen LogP contribution in [0.2, 0.25) is 0 Å². The number of aromatic nitrogens is 1. The normalized spacial score (nSPS) is 13.0. The van der Waals surface area contributed by atoms with Gasteiger partial charge < -0.3 is 9.64 Å². The highest BCUT2D eigenvalue weighted by atomic mass is 32.2. The first-order valence-electron chi connectivity index (χ1n) is 7.23. The largest absolute Gasteiger partial charge is 0.465 e. The summed E-state index contributed by atoms with van der Waals surface area (Å²) in [6.45, 7) is 8.13. The molecule has 0 aliphatic rings. The van der Waals surface area contributed by atoms with Crippen molar-refractivity contribution < 1.29 is 9.53 Å². The van der Waals surface area contributed by atoms with Crippen LogP contribution in [0.4, 0.5) is 5.13 Å². The van der Waals surface area contributed by atoms with Gasteiger partial charge in [0.2, 0.25) is 0 Å². The second kappa shape index (κ2) is 8.03. The first-order valence-corrected chi connectivity index (χ1v) is 9.50. The zero-order valence-corrected chi connectivity index (χ0v) is 15.4. The van der Waals surface area contributed by atoms with Gasteiger partial charge in [0.25, 0.3) is 0 Å². The van der Waals surface area contributed by atoms with E-state index in [9.17, 15) is 4.79 Å². The van der Waals surface area contributed by atoms with Crippen LogP contribution in [0.15, 0.2) is 5.38 Å². The number of nitrogens with zero attached hydrogens (tertiary/aromatic N) is 2. The molecule has 120 valence electrons. The molecule has 1 unspecified atom stereocenters. The molecule has 6 heteroatoms. The van der Waals surface area contributed by atoms with E-state index in [1.807, 2.05) is 37.9 Å². The highest BCUT2D eigenvalue weighted by molar-refractivity contribution is 7.98. The lowest BCUT2D eigenvalue weighted by Crippen LogP contribution is -2.34. The molecule has 0 spiro atoms. The SMILES string of the molecule is CCOC(=O)C(C)(C)c1csc(N(C)C(CC)CSC)n1. The van der Waals surface area contributed by atoms with Crippen LogP contribution in [0, 0.1) is 0 Å². The molecule has 0 aliphatic heterocycles. The van der Waals surface area contributed by atoms with Crippen molar-refractivity contribution in [2.45, 2.75) is 45.6 Å². The number of hydrogen-bond donors (Lipinski definition) is 0. The van der Waals surface area contributed by atoms with E-state index in [0.717, 1.165) is 23.0 Å². The molecule has 1 aromatic rings. The minimum absolute atomic E-state index is 0.222. The molecule has 0 N–H and O–H groups in total. The molecule has 0 fully saturated rings. The Morgan fingerprint density at radius 2 is 2.19 bits per heavy atom. The molecule has 0 bridgehead atoms. The maximum absolute atomic E-state index is 12.1.